The summed E-state index contributed by atoms with van der Waals surface area (Å²) in [5.74, 6) is -1.26. The molecule has 2 aromatic carbocycles. The number of hydrogen-bond donors (Lipinski definition) is 0. The molecule has 1 aliphatic rings. The number of hydrogen-bond acceptors (Lipinski definition) is 7. The molecule has 3 heterocycles. The minimum absolute atomic E-state index is 0.0800. The molecular weight excluding hydrogens is 440 g/mol. The van der Waals surface area contributed by atoms with E-state index >= 15 is 0 Å². The van der Waals surface area contributed by atoms with Gasteiger partial charge in [-0.25, -0.2) is 27.2 Å². The molecule has 5 rings (SSSR count). The largest absolute Gasteiger partial charge is 0.352 e. The third kappa shape index (κ3) is 3.46. The minimum atomic E-state index is -4.17. The molecule has 1 aliphatic heterocycles. The van der Waals surface area contributed by atoms with Gasteiger partial charge >= 0.3 is 0 Å². The first-order chi connectivity index (χ1) is 15.4. The quantitative estimate of drug-likeness (QED) is 0.462. The summed E-state index contributed by atoms with van der Waals surface area (Å²) < 4.78 is 56.0. The fourth-order valence-corrected chi connectivity index (χ4v) is 5.16. The van der Waals surface area contributed by atoms with E-state index in [1.807, 2.05) is 35.2 Å². The zero-order valence-corrected chi connectivity index (χ0v) is 17.5. The summed E-state index contributed by atoms with van der Waals surface area (Å²) >= 11 is 0. The predicted molar refractivity (Wildman–Crippen MR) is 112 cm³/mol. The van der Waals surface area contributed by atoms with Gasteiger partial charge < -0.3 is 4.90 Å². The standard InChI is InChI=1S/C20H17F2N7O2S/c21-14-6-7-16(22)17(12-14)32(30,31)28-10-8-27(9-11-28)19-18-20(24-13-23-19)29(26-25-18)15-4-2-1-3-5-15/h1-7,12-13H,8-11H2. The van der Waals surface area contributed by atoms with Crippen LogP contribution in [0.2, 0.25) is 0 Å². The number of para-hydroxylation sites is 1. The van der Waals surface area contributed by atoms with Gasteiger partial charge in [-0.15, -0.1) is 5.10 Å². The van der Waals surface area contributed by atoms with Crippen molar-refractivity contribution in [3.63, 3.8) is 0 Å². The molecule has 0 bridgehead atoms. The normalized spacial score (nSPS) is 15.4. The zero-order valence-electron chi connectivity index (χ0n) is 16.6. The Morgan fingerprint density at radius 3 is 2.41 bits per heavy atom. The molecule has 9 nitrogen and oxygen atoms in total. The number of fused-ring (bicyclic) bond motifs is 1. The van der Waals surface area contributed by atoms with E-state index in [4.69, 9.17) is 0 Å². The molecule has 1 fully saturated rings. The van der Waals surface area contributed by atoms with Crippen molar-refractivity contribution in [2.75, 3.05) is 31.1 Å². The van der Waals surface area contributed by atoms with Gasteiger partial charge in [0.25, 0.3) is 0 Å². The number of sulfonamides is 1. The Hall–Kier alpha value is -3.51. The lowest BCUT2D eigenvalue weighted by Crippen LogP contribution is -2.49. The number of rotatable bonds is 4. The van der Waals surface area contributed by atoms with Crippen molar-refractivity contribution < 1.29 is 17.2 Å². The van der Waals surface area contributed by atoms with Gasteiger partial charge in [0.2, 0.25) is 10.0 Å². The molecule has 0 unspecified atom stereocenters. The van der Waals surface area contributed by atoms with E-state index in [-0.39, 0.29) is 13.1 Å². The van der Waals surface area contributed by atoms with Crippen LogP contribution in [0.3, 0.4) is 0 Å². The highest BCUT2D eigenvalue weighted by molar-refractivity contribution is 7.89. The Bertz CT molecular complexity index is 1390. The molecule has 0 radical (unpaired) electrons. The van der Waals surface area contributed by atoms with Crippen LogP contribution in [0.1, 0.15) is 0 Å². The Labute approximate surface area is 182 Å². The zero-order chi connectivity index (χ0) is 22.3. The molecule has 2 aromatic heterocycles. The average Bonchev–Trinajstić information content (AvgIpc) is 3.25. The second-order valence-electron chi connectivity index (χ2n) is 7.17. The lowest BCUT2D eigenvalue weighted by Gasteiger charge is -2.34. The first-order valence-electron chi connectivity index (χ1n) is 9.77. The smallest absolute Gasteiger partial charge is 0.246 e. The highest BCUT2D eigenvalue weighted by Gasteiger charge is 2.32. The summed E-state index contributed by atoms with van der Waals surface area (Å²) in [4.78, 5) is 9.84. The summed E-state index contributed by atoms with van der Waals surface area (Å²) in [6.45, 7) is 0.744. The van der Waals surface area contributed by atoms with E-state index in [1.54, 1.807) is 4.68 Å². The van der Waals surface area contributed by atoms with Gasteiger partial charge in [-0.2, -0.15) is 8.99 Å². The number of nitrogens with zero attached hydrogens (tertiary/aromatic N) is 7. The van der Waals surface area contributed by atoms with Crippen molar-refractivity contribution in [2.45, 2.75) is 4.90 Å². The van der Waals surface area contributed by atoms with E-state index in [9.17, 15) is 17.2 Å². The van der Waals surface area contributed by atoms with Gasteiger partial charge in [0.1, 0.15) is 22.9 Å². The van der Waals surface area contributed by atoms with Gasteiger partial charge in [0.15, 0.2) is 17.0 Å². The van der Waals surface area contributed by atoms with Crippen LogP contribution in [0.15, 0.2) is 59.8 Å². The van der Waals surface area contributed by atoms with Crippen molar-refractivity contribution in [3.8, 4) is 5.69 Å². The highest BCUT2D eigenvalue weighted by atomic mass is 32.2. The molecule has 0 spiro atoms. The summed E-state index contributed by atoms with van der Waals surface area (Å²) in [6.07, 6.45) is 1.41. The van der Waals surface area contributed by atoms with Crippen LogP contribution in [0.5, 0.6) is 0 Å². The second kappa shape index (κ2) is 7.88. The summed E-state index contributed by atoms with van der Waals surface area (Å²) in [7, 11) is -4.17. The van der Waals surface area contributed by atoms with Crippen molar-refractivity contribution >= 4 is 27.0 Å². The summed E-state index contributed by atoms with van der Waals surface area (Å²) in [5, 5.41) is 8.42. The Morgan fingerprint density at radius 1 is 0.906 bits per heavy atom. The summed E-state index contributed by atoms with van der Waals surface area (Å²) in [6, 6.07) is 11.8. The average molecular weight is 457 g/mol. The molecule has 0 saturated carbocycles. The van der Waals surface area contributed by atoms with E-state index in [2.05, 4.69) is 20.3 Å². The third-order valence-corrected chi connectivity index (χ3v) is 7.18. The molecule has 0 amide bonds. The fourth-order valence-electron chi connectivity index (χ4n) is 3.67. The maximum absolute atomic E-state index is 14.1. The topological polar surface area (TPSA) is 97.1 Å². The maximum Gasteiger partial charge on any atom is 0.246 e. The van der Waals surface area contributed by atoms with Crippen LogP contribution >= 0.6 is 0 Å². The van der Waals surface area contributed by atoms with Gasteiger partial charge in [-0.3, -0.25) is 0 Å². The molecule has 32 heavy (non-hydrogen) atoms. The number of benzene rings is 2. The van der Waals surface area contributed by atoms with Crippen LogP contribution in [0.4, 0.5) is 14.6 Å². The molecule has 12 heteroatoms. The lowest BCUT2D eigenvalue weighted by atomic mass is 10.3. The summed E-state index contributed by atoms with van der Waals surface area (Å²) in [5.41, 5.74) is 1.81. The lowest BCUT2D eigenvalue weighted by molar-refractivity contribution is 0.381. The van der Waals surface area contributed by atoms with Crippen molar-refractivity contribution in [2.24, 2.45) is 0 Å². The molecule has 0 aliphatic carbocycles. The van der Waals surface area contributed by atoms with Crippen LogP contribution in [-0.2, 0) is 10.0 Å². The van der Waals surface area contributed by atoms with Crippen molar-refractivity contribution in [3.05, 3.63) is 66.5 Å². The maximum atomic E-state index is 14.1. The van der Waals surface area contributed by atoms with Crippen LogP contribution < -0.4 is 4.90 Å². The van der Waals surface area contributed by atoms with Crippen molar-refractivity contribution in [1.29, 1.82) is 0 Å². The van der Waals surface area contributed by atoms with Crippen LogP contribution in [-0.4, -0.2) is 63.9 Å². The number of piperazine rings is 1. The third-order valence-electron chi connectivity index (χ3n) is 5.27. The highest BCUT2D eigenvalue weighted by Crippen LogP contribution is 2.26. The minimum Gasteiger partial charge on any atom is -0.352 e. The number of anilines is 1. The molecule has 4 aromatic rings. The molecular formula is C20H17F2N7O2S. The van der Waals surface area contributed by atoms with Gasteiger partial charge in [0.05, 0.1) is 5.69 Å². The van der Waals surface area contributed by atoms with E-state index in [0.29, 0.717) is 36.1 Å². The van der Waals surface area contributed by atoms with Crippen molar-refractivity contribution in [1.82, 2.24) is 29.3 Å². The second-order valence-corrected chi connectivity index (χ2v) is 9.08. The molecule has 164 valence electrons. The van der Waals surface area contributed by atoms with Crippen LogP contribution in [0, 0.1) is 11.6 Å². The van der Waals surface area contributed by atoms with E-state index < -0.39 is 26.6 Å². The van der Waals surface area contributed by atoms with Gasteiger partial charge in [0, 0.05) is 26.2 Å². The predicted octanol–water partition coefficient (Wildman–Crippen LogP) is 2.00. The first kappa shape index (κ1) is 20.4. The SMILES string of the molecule is O=S(=O)(c1cc(F)ccc1F)N1CCN(c2ncnc3c2nnn3-c2ccccc2)CC1. The fraction of sp³-hybridized carbons (Fsp3) is 0.200. The Kier molecular flexibility index (Phi) is 5.02. The molecule has 0 atom stereocenters. The van der Waals surface area contributed by atoms with Gasteiger partial charge in [-0.05, 0) is 30.3 Å². The monoisotopic (exact) mass is 457 g/mol. The van der Waals surface area contributed by atoms with Gasteiger partial charge in [-0.1, -0.05) is 23.4 Å². The molecule has 0 N–H and O–H groups in total. The molecule has 1 saturated heterocycles. The number of aromatic nitrogens is 5. The van der Waals surface area contributed by atoms with E-state index in [0.717, 1.165) is 22.1 Å². The van der Waals surface area contributed by atoms with Crippen LogP contribution in [0.25, 0.3) is 16.9 Å². The van der Waals surface area contributed by atoms with E-state index in [1.165, 1.54) is 6.33 Å². The Balaban J connectivity index is 1.40. The first-order valence-corrected chi connectivity index (χ1v) is 11.2. The number of halogens is 2. The Morgan fingerprint density at radius 2 is 1.66 bits per heavy atom.